The number of piperidine rings is 1. The van der Waals surface area contributed by atoms with Gasteiger partial charge in [-0.25, -0.2) is 0 Å². The van der Waals surface area contributed by atoms with E-state index in [-0.39, 0.29) is 18.2 Å². The molecule has 1 fully saturated rings. The Bertz CT molecular complexity index is 750. The van der Waals surface area contributed by atoms with Gasteiger partial charge in [0.1, 0.15) is 5.76 Å². The van der Waals surface area contributed by atoms with Crippen molar-refractivity contribution in [3.63, 3.8) is 0 Å². The summed E-state index contributed by atoms with van der Waals surface area (Å²) in [6, 6.07) is 20.4. The molecule has 4 rings (SSSR count). The van der Waals surface area contributed by atoms with Crippen molar-refractivity contribution < 1.29 is 9.53 Å². The molecular formula is C21H22ClNO2. The summed E-state index contributed by atoms with van der Waals surface area (Å²) >= 11 is 0. The molecule has 0 aliphatic carbocycles. The molecule has 0 radical (unpaired) electrons. The monoisotopic (exact) mass is 355 g/mol. The lowest BCUT2D eigenvalue weighted by Crippen LogP contribution is -2.48. The van der Waals surface area contributed by atoms with E-state index in [2.05, 4.69) is 29.2 Å². The van der Waals surface area contributed by atoms with Crippen molar-refractivity contribution in [2.45, 2.75) is 25.0 Å². The highest BCUT2D eigenvalue weighted by atomic mass is 35.5. The van der Waals surface area contributed by atoms with Crippen LogP contribution in [0, 0.1) is 0 Å². The number of benzene rings is 2. The number of ether oxygens (including phenoxy) is 1. The van der Waals surface area contributed by atoms with Crippen LogP contribution in [0.15, 0.2) is 66.7 Å². The van der Waals surface area contributed by atoms with Crippen LogP contribution in [0.5, 0.6) is 0 Å². The molecule has 2 heterocycles. The second-order valence-electron chi connectivity index (χ2n) is 6.60. The number of ketones is 1. The third-order valence-electron chi connectivity index (χ3n) is 4.99. The van der Waals surface area contributed by atoms with Crippen LogP contribution in [0.3, 0.4) is 0 Å². The number of carbonyl (C=O) groups is 1. The first kappa shape index (κ1) is 17.7. The van der Waals surface area contributed by atoms with E-state index < -0.39 is 5.60 Å². The zero-order valence-corrected chi connectivity index (χ0v) is 14.9. The molecule has 2 aliphatic rings. The van der Waals surface area contributed by atoms with Crippen LogP contribution in [0.2, 0.25) is 0 Å². The molecule has 0 saturated carbocycles. The number of likely N-dealkylation sites (tertiary alicyclic amines) is 1. The Hall–Kier alpha value is -2.10. The fraction of sp³-hybridized carbons (Fsp3) is 0.286. The first-order chi connectivity index (χ1) is 11.8. The van der Waals surface area contributed by atoms with Crippen LogP contribution in [0.4, 0.5) is 0 Å². The Morgan fingerprint density at radius 3 is 2.16 bits per heavy atom. The molecule has 2 aromatic rings. The lowest BCUT2D eigenvalue weighted by molar-refractivity contribution is -0.133. The number of carbonyl (C=O) groups excluding carboxylic acids is 1. The topological polar surface area (TPSA) is 29.5 Å². The summed E-state index contributed by atoms with van der Waals surface area (Å²) in [6.45, 7) is 2.71. The van der Waals surface area contributed by atoms with E-state index in [9.17, 15) is 4.79 Å². The summed E-state index contributed by atoms with van der Waals surface area (Å²) in [5.41, 5.74) is 1.66. The molecule has 1 saturated heterocycles. The summed E-state index contributed by atoms with van der Waals surface area (Å²) < 4.78 is 6.17. The molecular weight excluding hydrogens is 334 g/mol. The maximum absolute atomic E-state index is 12.6. The Labute approximate surface area is 154 Å². The Morgan fingerprint density at radius 1 is 0.920 bits per heavy atom. The molecule has 130 valence electrons. The van der Waals surface area contributed by atoms with Crippen LogP contribution in [-0.4, -0.2) is 29.4 Å². The molecule has 0 aromatic heterocycles. The summed E-state index contributed by atoms with van der Waals surface area (Å²) in [6.07, 6.45) is 3.19. The lowest BCUT2D eigenvalue weighted by Gasteiger charge is -2.38. The highest BCUT2D eigenvalue weighted by molar-refractivity contribution is 6.05. The molecule has 0 bridgehead atoms. The standard InChI is InChI=1S/C21H21NO2.ClH/c23-20-15-19(18-9-5-2-6-10-18)24-21(20)11-13-22(14-12-21)16-17-7-3-1-4-8-17;/h1-10,15H,11-14,16H2;1H. The van der Waals surface area contributed by atoms with Gasteiger partial charge in [0, 0.05) is 44.1 Å². The SMILES string of the molecule is Cl.O=C1C=C(c2ccccc2)OC12CCN(Cc1ccccc1)CC2. The molecule has 3 nitrogen and oxygen atoms in total. The van der Waals surface area contributed by atoms with Gasteiger partial charge < -0.3 is 4.74 Å². The zero-order valence-electron chi connectivity index (χ0n) is 14.1. The second kappa shape index (κ2) is 7.42. The van der Waals surface area contributed by atoms with Gasteiger partial charge in [-0.1, -0.05) is 60.7 Å². The van der Waals surface area contributed by atoms with Crippen molar-refractivity contribution in [2.75, 3.05) is 13.1 Å². The minimum absolute atomic E-state index is 0. The molecule has 0 unspecified atom stereocenters. The van der Waals surface area contributed by atoms with E-state index in [0.29, 0.717) is 0 Å². The first-order valence-corrected chi connectivity index (χ1v) is 8.52. The fourth-order valence-electron chi connectivity index (χ4n) is 3.55. The van der Waals surface area contributed by atoms with Crippen LogP contribution < -0.4 is 0 Å². The van der Waals surface area contributed by atoms with Gasteiger partial charge in [0.15, 0.2) is 5.60 Å². The van der Waals surface area contributed by atoms with Gasteiger partial charge in [0.05, 0.1) is 0 Å². The molecule has 0 N–H and O–H groups in total. The van der Waals surface area contributed by atoms with Crippen molar-refractivity contribution >= 4 is 23.9 Å². The van der Waals surface area contributed by atoms with Crippen LogP contribution in [0.1, 0.15) is 24.0 Å². The number of halogens is 1. The smallest absolute Gasteiger partial charge is 0.203 e. The predicted molar refractivity (Wildman–Crippen MR) is 101 cm³/mol. The second-order valence-corrected chi connectivity index (χ2v) is 6.60. The average Bonchev–Trinajstić information content (AvgIpc) is 2.95. The largest absolute Gasteiger partial charge is 0.478 e. The molecule has 4 heteroatoms. The van der Waals surface area contributed by atoms with Crippen molar-refractivity contribution in [2.24, 2.45) is 0 Å². The van der Waals surface area contributed by atoms with Gasteiger partial charge in [0.25, 0.3) is 0 Å². The summed E-state index contributed by atoms with van der Waals surface area (Å²) in [7, 11) is 0. The highest BCUT2D eigenvalue weighted by Gasteiger charge is 2.46. The van der Waals surface area contributed by atoms with Gasteiger partial charge in [-0.15, -0.1) is 12.4 Å². The van der Waals surface area contributed by atoms with Crippen LogP contribution in [0.25, 0.3) is 5.76 Å². The normalized spacial score (nSPS) is 19.2. The van der Waals surface area contributed by atoms with Gasteiger partial charge >= 0.3 is 0 Å². The number of nitrogens with zero attached hydrogens (tertiary/aromatic N) is 1. The van der Waals surface area contributed by atoms with E-state index in [0.717, 1.165) is 43.8 Å². The Kier molecular flexibility index (Phi) is 5.26. The summed E-state index contributed by atoms with van der Waals surface area (Å²) in [4.78, 5) is 15.0. The predicted octanol–water partition coefficient (Wildman–Crippen LogP) is 4.08. The Morgan fingerprint density at radius 2 is 1.52 bits per heavy atom. The average molecular weight is 356 g/mol. The van der Waals surface area contributed by atoms with Crippen LogP contribution >= 0.6 is 12.4 Å². The molecule has 0 atom stereocenters. The van der Waals surface area contributed by atoms with Gasteiger partial charge in [0.2, 0.25) is 5.78 Å². The van der Waals surface area contributed by atoms with Crippen LogP contribution in [-0.2, 0) is 16.1 Å². The third kappa shape index (κ3) is 3.63. The van der Waals surface area contributed by atoms with Gasteiger partial charge in [-0.2, -0.15) is 0 Å². The van der Waals surface area contributed by atoms with E-state index in [4.69, 9.17) is 4.74 Å². The van der Waals surface area contributed by atoms with Crippen molar-refractivity contribution in [1.82, 2.24) is 4.90 Å². The number of rotatable bonds is 3. The Balaban J connectivity index is 0.00000182. The summed E-state index contributed by atoms with van der Waals surface area (Å²) in [5, 5.41) is 0. The fourth-order valence-corrected chi connectivity index (χ4v) is 3.55. The molecule has 1 spiro atoms. The van der Waals surface area contributed by atoms with E-state index in [1.54, 1.807) is 6.08 Å². The minimum Gasteiger partial charge on any atom is -0.478 e. The zero-order chi connectivity index (χ0) is 16.4. The lowest BCUT2D eigenvalue weighted by atomic mass is 9.88. The first-order valence-electron chi connectivity index (χ1n) is 8.52. The third-order valence-corrected chi connectivity index (χ3v) is 4.99. The van der Waals surface area contributed by atoms with Gasteiger partial charge in [-0.05, 0) is 5.56 Å². The van der Waals surface area contributed by atoms with E-state index in [1.807, 2.05) is 36.4 Å². The maximum atomic E-state index is 12.6. The van der Waals surface area contributed by atoms with Crippen molar-refractivity contribution in [3.05, 3.63) is 77.9 Å². The van der Waals surface area contributed by atoms with E-state index in [1.165, 1.54) is 5.56 Å². The molecule has 2 aromatic carbocycles. The van der Waals surface area contributed by atoms with Gasteiger partial charge in [-0.3, -0.25) is 9.69 Å². The van der Waals surface area contributed by atoms with Crippen molar-refractivity contribution in [3.8, 4) is 0 Å². The maximum Gasteiger partial charge on any atom is 0.203 e. The minimum atomic E-state index is -0.641. The number of hydrogen-bond acceptors (Lipinski definition) is 3. The quantitative estimate of drug-likeness (QED) is 0.830. The number of hydrogen-bond donors (Lipinski definition) is 0. The molecule has 0 amide bonds. The molecule has 2 aliphatic heterocycles. The highest BCUT2D eigenvalue weighted by Crippen LogP contribution is 2.38. The van der Waals surface area contributed by atoms with E-state index >= 15 is 0 Å². The summed E-state index contributed by atoms with van der Waals surface area (Å²) in [5.74, 6) is 0.845. The molecule has 25 heavy (non-hydrogen) atoms. The van der Waals surface area contributed by atoms with Crippen molar-refractivity contribution in [1.29, 1.82) is 0 Å².